The van der Waals surface area contributed by atoms with Gasteiger partial charge in [-0.05, 0) is 36.8 Å². The van der Waals surface area contributed by atoms with Crippen molar-refractivity contribution in [3.63, 3.8) is 0 Å². The van der Waals surface area contributed by atoms with E-state index in [2.05, 4.69) is 4.99 Å². The second-order valence-electron chi connectivity index (χ2n) is 6.36. The van der Waals surface area contributed by atoms with Crippen molar-refractivity contribution in [1.82, 2.24) is 4.57 Å². The standard InChI is InChI=1S/C20H19ClN2O4S/c1-12-13(21)7-8-17-18(12)23(9-10-25-2)20(28-17)22-19(24)16-11-26-14-5-3-4-6-15(14)27-16/h3-8,16H,9-11H2,1-2H3/t16-/m0/s1. The van der Waals surface area contributed by atoms with Gasteiger partial charge in [-0.3, -0.25) is 4.79 Å². The minimum absolute atomic E-state index is 0.132. The fourth-order valence-electron chi connectivity index (χ4n) is 3.10. The Morgan fingerprint density at radius 1 is 1.32 bits per heavy atom. The molecule has 3 aromatic rings. The largest absolute Gasteiger partial charge is 0.485 e. The van der Waals surface area contributed by atoms with Crippen molar-refractivity contribution in [3.05, 3.63) is 51.8 Å². The summed E-state index contributed by atoms with van der Waals surface area (Å²) < 4.78 is 19.6. The number of para-hydroxylation sites is 2. The van der Waals surface area contributed by atoms with Crippen LogP contribution in [0.5, 0.6) is 11.5 Å². The quantitative estimate of drug-likeness (QED) is 0.649. The number of thiazole rings is 1. The number of carbonyl (C=O) groups is 1. The molecule has 0 fully saturated rings. The van der Waals surface area contributed by atoms with Crippen molar-refractivity contribution in [2.75, 3.05) is 20.3 Å². The van der Waals surface area contributed by atoms with Gasteiger partial charge in [0.1, 0.15) is 6.61 Å². The second kappa shape index (κ2) is 7.95. The molecule has 1 aliphatic rings. The number of aromatic nitrogens is 1. The van der Waals surface area contributed by atoms with E-state index in [4.69, 9.17) is 25.8 Å². The summed E-state index contributed by atoms with van der Waals surface area (Å²) in [6, 6.07) is 11.1. The molecule has 0 N–H and O–H groups in total. The van der Waals surface area contributed by atoms with Crippen LogP contribution in [0, 0.1) is 6.92 Å². The highest BCUT2D eigenvalue weighted by atomic mass is 35.5. The lowest BCUT2D eigenvalue weighted by atomic mass is 10.2. The molecule has 0 unspecified atom stereocenters. The smallest absolute Gasteiger partial charge is 0.292 e. The Morgan fingerprint density at radius 2 is 2.11 bits per heavy atom. The summed E-state index contributed by atoms with van der Waals surface area (Å²) in [5.41, 5.74) is 1.92. The SMILES string of the molecule is COCCn1c(=NC(=O)[C@@H]2COc3ccccc3O2)sc2ccc(Cl)c(C)c21. The van der Waals surface area contributed by atoms with Gasteiger partial charge in [-0.2, -0.15) is 4.99 Å². The van der Waals surface area contributed by atoms with Crippen LogP contribution in [0.1, 0.15) is 5.56 Å². The first kappa shape index (κ1) is 19.0. The summed E-state index contributed by atoms with van der Waals surface area (Å²) in [4.78, 5) is 17.7. The highest BCUT2D eigenvalue weighted by Crippen LogP contribution is 2.31. The molecule has 1 amide bonds. The van der Waals surface area contributed by atoms with E-state index in [1.165, 1.54) is 11.3 Å². The molecular formula is C20H19ClN2O4S. The highest BCUT2D eigenvalue weighted by molar-refractivity contribution is 7.16. The molecule has 0 bridgehead atoms. The topological polar surface area (TPSA) is 62.1 Å². The normalized spacial score (nSPS) is 16.5. The summed E-state index contributed by atoms with van der Waals surface area (Å²) in [6.45, 7) is 3.15. The molecule has 4 rings (SSSR count). The van der Waals surface area contributed by atoms with Crippen LogP contribution in [0.4, 0.5) is 0 Å². The van der Waals surface area contributed by atoms with Crippen LogP contribution in [0.15, 0.2) is 41.4 Å². The molecule has 0 saturated carbocycles. The van der Waals surface area contributed by atoms with Gasteiger partial charge in [0.15, 0.2) is 16.3 Å². The van der Waals surface area contributed by atoms with E-state index in [1.54, 1.807) is 13.2 Å². The van der Waals surface area contributed by atoms with Crippen molar-refractivity contribution < 1.29 is 19.0 Å². The molecule has 2 aromatic carbocycles. The fraction of sp³-hybridized carbons (Fsp3) is 0.300. The van der Waals surface area contributed by atoms with Gasteiger partial charge in [0.05, 0.1) is 16.8 Å². The Kier molecular flexibility index (Phi) is 5.39. The first-order valence-electron chi connectivity index (χ1n) is 8.83. The Labute approximate surface area is 170 Å². The number of hydrogen-bond acceptors (Lipinski definition) is 5. The van der Waals surface area contributed by atoms with Gasteiger partial charge in [0.2, 0.25) is 6.10 Å². The van der Waals surface area contributed by atoms with E-state index in [0.29, 0.717) is 34.5 Å². The molecule has 2 heterocycles. The van der Waals surface area contributed by atoms with Crippen molar-refractivity contribution in [3.8, 4) is 11.5 Å². The lowest BCUT2D eigenvalue weighted by Gasteiger charge is -2.23. The average Bonchev–Trinajstić information content (AvgIpc) is 3.06. The molecule has 0 aliphatic carbocycles. The summed E-state index contributed by atoms with van der Waals surface area (Å²) in [5.74, 6) is 0.804. The minimum Gasteiger partial charge on any atom is -0.485 e. The predicted octanol–water partition coefficient (Wildman–Crippen LogP) is 3.58. The van der Waals surface area contributed by atoms with E-state index in [-0.39, 0.29) is 12.5 Å². The summed E-state index contributed by atoms with van der Waals surface area (Å²) >= 11 is 7.74. The van der Waals surface area contributed by atoms with Crippen molar-refractivity contribution >= 4 is 39.1 Å². The molecule has 28 heavy (non-hydrogen) atoms. The van der Waals surface area contributed by atoms with Gasteiger partial charge in [-0.15, -0.1) is 0 Å². The van der Waals surface area contributed by atoms with E-state index >= 15 is 0 Å². The molecule has 1 aromatic heterocycles. The van der Waals surface area contributed by atoms with Crippen LogP contribution in [0.3, 0.4) is 0 Å². The first-order chi connectivity index (χ1) is 13.6. The van der Waals surface area contributed by atoms with Crippen LogP contribution < -0.4 is 14.3 Å². The number of rotatable bonds is 4. The van der Waals surface area contributed by atoms with E-state index < -0.39 is 6.10 Å². The number of nitrogens with zero attached hydrogens (tertiary/aromatic N) is 2. The number of hydrogen-bond donors (Lipinski definition) is 0. The van der Waals surface area contributed by atoms with Gasteiger partial charge < -0.3 is 18.8 Å². The monoisotopic (exact) mass is 418 g/mol. The molecule has 1 atom stereocenters. The number of aryl methyl sites for hydroxylation is 1. The predicted molar refractivity (Wildman–Crippen MR) is 108 cm³/mol. The zero-order valence-corrected chi connectivity index (χ0v) is 17.0. The van der Waals surface area contributed by atoms with E-state index in [1.807, 2.05) is 41.8 Å². The molecule has 0 saturated heterocycles. The Bertz CT molecular complexity index is 1110. The van der Waals surface area contributed by atoms with Gasteiger partial charge in [0, 0.05) is 18.7 Å². The van der Waals surface area contributed by atoms with Crippen molar-refractivity contribution in [2.24, 2.45) is 4.99 Å². The number of ether oxygens (including phenoxy) is 3. The van der Waals surface area contributed by atoms with Crippen molar-refractivity contribution in [2.45, 2.75) is 19.6 Å². The number of amides is 1. The maximum absolute atomic E-state index is 12.8. The molecule has 0 spiro atoms. The molecule has 146 valence electrons. The van der Waals surface area contributed by atoms with Gasteiger partial charge in [-0.25, -0.2) is 0 Å². The number of fused-ring (bicyclic) bond motifs is 2. The number of halogens is 1. The molecule has 8 heteroatoms. The minimum atomic E-state index is -0.777. The zero-order chi connectivity index (χ0) is 19.7. The number of carbonyl (C=O) groups excluding carboxylic acids is 1. The van der Waals surface area contributed by atoms with Crippen LogP contribution in [0.2, 0.25) is 5.02 Å². The molecule has 6 nitrogen and oxygen atoms in total. The Morgan fingerprint density at radius 3 is 2.89 bits per heavy atom. The van der Waals surface area contributed by atoms with Gasteiger partial charge in [0.25, 0.3) is 5.91 Å². The Hall–Kier alpha value is -2.35. The summed E-state index contributed by atoms with van der Waals surface area (Å²) in [6.07, 6.45) is -0.777. The third-order valence-corrected chi connectivity index (χ3v) is 5.99. The number of benzene rings is 2. The van der Waals surface area contributed by atoms with Gasteiger partial charge >= 0.3 is 0 Å². The van der Waals surface area contributed by atoms with Crippen LogP contribution in [0.25, 0.3) is 10.2 Å². The van der Waals surface area contributed by atoms with Crippen molar-refractivity contribution in [1.29, 1.82) is 0 Å². The number of methoxy groups -OCH3 is 1. The van der Waals surface area contributed by atoms with E-state index in [9.17, 15) is 4.79 Å². The van der Waals surface area contributed by atoms with Crippen LogP contribution >= 0.6 is 22.9 Å². The summed E-state index contributed by atoms with van der Waals surface area (Å²) in [7, 11) is 1.64. The Balaban J connectivity index is 1.72. The zero-order valence-electron chi connectivity index (χ0n) is 15.5. The van der Waals surface area contributed by atoms with Crippen LogP contribution in [-0.4, -0.2) is 36.9 Å². The second-order valence-corrected chi connectivity index (χ2v) is 7.78. The molecule has 1 aliphatic heterocycles. The van der Waals surface area contributed by atoms with Crippen LogP contribution in [-0.2, 0) is 16.1 Å². The summed E-state index contributed by atoms with van der Waals surface area (Å²) in [5, 5.41) is 0.676. The fourth-order valence-corrected chi connectivity index (χ4v) is 4.37. The molecule has 0 radical (unpaired) electrons. The maximum atomic E-state index is 12.8. The maximum Gasteiger partial charge on any atom is 0.292 e. The van der Waals surface area contributed by atoms with E-state index in [0.717, 1.165) is 15.8 Å². The first-order valence-corrected chi connectivity index (χ1v) is 10.0. The third kappa shape index (κ3) is 3.53. The lowest BCUT2D eigenvalue weighted by Crippen LogP contribution is -2.37. The average molecular weight is 419 g/mol. The van der Waals surface area contributed by atoms with Gasteiger partial charge in [-0.1, -0.05) is 35.1 Å². The molecular weight excluding hydrogens is 400 g/mol. The lowest BCUT2D eigenvalue weighted by molar-refractivity contribution is -0.127. The third-order valence-electron chi connectivity index (χ3n) is 4.54. The highest BCUT2D eigenvalue weighted by Gasteiger charge is 2.27.